The Morgan fingerprint density at radius 1 is 1.24 bits per heavy atom. The minimum Gasteiger partial charge on any atom is -0.379 e. The SMILES string of the molecule is CCCn1ccc(CNc2ccccc2C)n1. The highest BCUT2D eigenvalue weighted by atomic mass is 15.3. The molecule has 1 aromatic heterocycles. The molecule has 0 unspecified atom stereocenters. The number of nitrogens with one attached hydrogen (secondary N) is 1. The molecule has 2 rings (SSSR count). The largest absolute Gasteiger partial charge is 0.379 e. The van der Waals surface area contributed by atoms with Crippen LogP contribution in [0.3, 0.4) is 0 Å². The van der Waals surface area contributed by atoms with Crippen molar-refractivity contribution in [3.63, 3.8) is 0 Å². The normalized spacial score (nSPS) is 10.5. The Balaban J connectivity index is 1.95. The average molecular weight is 229 g/mol. The number of anilines is 1. The van der Waals surface area contributed by atoms with Gasteiger partial charge >= 0.3 is 0 Å². The molecule has 2 aromatic rings. The molecule has 0 radical (unpaired) electrons. The molecule has 17 heavy (non-hydrogen) atoms. The molecule has 0 bridgehead atoms. The van der Waals surface area contributed by atoms with Crippen LogP contribution < -0.4 is 5.32 Å². The maximum absolute atomic E-state index is 4.50. The zero-order valence-electron chi connectivity index (χ0n) is 10.5. The molecule has 0 spiro atoms. The van der Waals surface area contributed by atoms with Crippen molar-refractivity contribution in [2.75, 3.05) is 5.32 Å². The van der Waals surface area contributed by atoms with Gasteiger partial charge in [0.05, 0.1) is 12.2 Å². The van der Waals surface area contributed by atoms with E-state index in [0.29, 0.717) is 0 Å². The van der Waals surface area contributed by atoms with Crippen LogP contribution in [0.4, 0.5) is 5.69 Å². The van der Waals surface area contributed by atoms with E-state index in [-0.39, 0.29) is 0 Å². The van der Waals surface area contributed by atoms with E-state index >= 15 is 0 Å². The van der Waals surface area contributed by atoms with Gasteiger partial charge in [0, 0.05) is 18.4 Å². The molecule has 1 N–H and O–H groups in total. The average Bonchev–Trinajstić information content (AvgIpc) is 2.76. The Bertz CT molecular complexity index is 474. The van der Waals surface area contributed by atoms with Gasteiger partial charge in [0.15, 0.2) is 0 Å². The van der Waals surface area contributed by atoms with E-state index in [1.54, 1.807) is 0 Å². The molecule has 0 aliphatic rings. The van der Waals surface area contributed by atoms with Gasteiger partial charge in [-0.3, -0.25) is 4.68 Å². The lowest BCUT2D eigenvalue weighted by atomic mass is 10.2. The van der Waals surface area contributed by atoms with E-state index < -0.39 is 0 Å². The van der Waals surface area contributed by atoms with Gasteiger partial charge in [-0.2, -0.15) is 5.10 Å². The zero-order chi connectivity index (χ0) is 12.1. The summed E-state index contributed by atoms with van der Waals surface area (Å²) in [6.07, 6.45) is 3.16. The molecular weight excluding hydrogens is 210 g/mol. The second-order valence-corrected chi connectivity index (χ2v) is 4.24. The van der Waals surface area contributed by atoms with Crippen molar-refractivity contribution in [2.45, 2.75) is 33.4 Å². The Kier molecular flexibility index (Phi) is 3.81. The standard InChI is InChI=1S/C14H19N3/c1-3-9-17-10-8-13(16-17)11-15-14-7-5-4-6-12(14)2/h4-8,10,15H,3,9,11H2,1-2H3. The molecule has 0 atom stereocenters. The van der Waals surface area contributed by atoms with Gasteiger partial charge in [-0.25, -0.2) is 0 Å². The highest BCUT2D eigenvalue weighted by Gasteiger charge is 2.00. The van der Waals surface area contributed by atoms with Crippen molar-refractivity contribution < 1.29 is 0 Å². The predicted molar refractivity (Wildman–Crippen MR) is 71.0 cm³/mol. The van der Waals surface area contributed by atoms with Crippen LogP contribution in [0.1, 0.15) is 24.6 Å². The lowest BCUT2D eigenvalue weighted by molar-refractivity contribution is 0.595. The molecule has 0 saturated heterocycles. The Hall–Kier alpha value is -1.77. The summed E-state index contributed by atoms with van der Waals surface area (Å²) < 4.78 is 1.99. The van der Waals surface area contributed by atoms with Crippen LogP contribution in [0.25, 0.3) is 0 Å². The van der Waals surface area contributed by atoms with Crippen molar-refractivity contribution in [3.8, 4) is 0 Å². The van der Waals surface area contributed by atoms with Gasteiger partial charge in [0.1, 0.15) is 0 Å². The van der Waals surface area contributed by atoms with Crippen molar-refractivity contribution in [1.82, 2.24) is 9.78 Å². The van der Waals surface area contributed by atoms with E-state index in [9.17, 15) is 0 Å². The molecule has 90 valence electrons. The Morgan fingerprint density at radius 2 is 2.06 bits per heavy atom. The first-order chi connectivity index (χ1) is 8.29. The smallest absolute Gasteiger partial charge is 0.0815 e. The minimum atomic E-state index is 0.779. The van der Waals surface area contributed by atoms with Crippen LogP contribution in [0.5, 0.6) is 0 Å². The number of benzene rings is 1. The highest BCUT2D eigenvalue weighted by molar-refractivity contribution is 5.50. The lowest BCUT2D eigenvalue weighted by Crippen LogP contribution is -2.03. The van der Waals surface area contributed by atoms with Crippen LogP contribution in [-0.4, -0.2) is 9.78 Å². The monoisotopic (exact) mass is 229 g/mol. The molecule has 0 saturated carbocycles. The van der Waals surface area contributed by atoms with Gasteiger partial charge < -0.3 is 5.32 Å². The first kappa shape index (κ1) is 11.7. The maximum Gasteiger partial charge on any atom is 0.0815 e. The molecule has 0 aliphatic heterocycles. The van der Waals surface area contributed by atoms with Crippen LogP contribution in [-0.2, 0) is 13.1 Å². The van der Waals surface area contributed by atoms with Gasteiger partial charge in [-0.05, 0) is 31.0 Å². The highest BCUT2D eigenvalue weighted by Crippen LogP contribution is 2.13. The second-order valence-electron chi connectivity index (χ2n) is 4.24. The fraction of sp³-hybridized carbons (Fsp3) is 0.357. The fourth-order valence-corrected chi connectivity index (χ4v) is 1.81. The summed E-state index contributed by atoms with van der Waals surface area (Å²) in [6.45, 7) is 6.04. The number of nitrogens with zero attached hydrogens (tertiary/aromatic N) is 2. The number of aromatic nitrogens is 2. The number of para-hydroxylation sites is 1. The number of hydrogen-bond donors (Lipinski definition) is 1. The third-order valence-corrected chi connectivity index (χ3v) is 2.75. The zero-order valence-corrected chi connectivity index (χ0v) is 10.5. The van der Waals surface area contributed by atoms with E-state index in [2.05, 4.69) is 48.5 Å². The maximum atomic E-state index is 4.50. The summed E-state index contributed by atoms with van der Waals surface area (Å²) in [6, 6.07) is 10.4. The molecule has 1 heterocycles. The van der Waals surface area contributed by atoms with Crippen molar-refractivity contribution >= 4 is 5.69 Å². The molecule has 0 fully saturated rings. The van der Waals surface area contributed by atoms with Crippen LogP contribution in [0.15, 0.2) is 36.5 Å². The van der Waals surface area contributed by atoms with Crippen LogP contribution >= 0.6 is 0 Å². The van der Waals surface area contributed by atoms with Gasteiger partial charge in [0.25, 0.3) is 0 Å². The summed E-state index contributed by atoms with van der Waals surface area (Å²) in [4.78, 5) is 0. The van der Waals surface area contributed by atoms with Crippen molar-refractivity contribution in [1.29, 1.82) is 0 Å². The van der Waals surface area contributed by atoms with E-state index in [4.69, 9.17) is 0 Å². The Morgan fingerprint density at radius 3 is 2.82 bits per heavy atom. The van der Waals surface area contributed by atoms with E-state index in [0.717, 1.165) is 25.2 Å². The van der Waals surface area contributed by atoms with Gasteiger partial charge in [0.2, 0.25) is 0 Å². The summed E-state index contributed by atoms with van der Waals surface area (Å²) in [5.74, 6) is 0. The topological polar surface area (TPSA) is 29.9 Å². The summed E-state index contributed by atoms with van der Waals surface area (Å²) in [7, 11) is 0. The molecule has 0 amide bonds. The molecular formula is C14H19N3. The predicted octanol–water partition coefficient (Wildman–Crippen LogP) is 3.21. The number of hydrogen-bond acceptors (Lipinski definition) is 2. The summed E-state index contributed by atoms with van der Waals surface area (Å²) >= 11 is 0. The second kappa shape index (κ2) is 5.53. The number of rotatable bonds is 5. The first-order valence-corrected chi connectivity index (χ1v) is 6.11. The van der Waals surface area contributed by atoms with Gasteiger partial charge in [-0.1, -0.05) is 25.1 Å². The lowest BCUT2D eigenvalue weighted by Gasteiger charge is -2.07. The van der Waals surface area contributed by atoms with Gasteiger partial charge in [-0.15, -0.1) is 0 Å². The van der Waals surface area contributed by atoms with E-state index in [1.165, 1.54) is 11.3 Å². The third kappa shape index (κ3) is 3.09. The van der Waals surface area contributed by atoms with E-state index in [1.807, 2.05) is 16.9 Å². The first-order valence-electron chi connectivity index (χ1n) is 6.11. The summed E-state index contributed by atoms with van der Waals surface area (Å²) in [5, 5.41) is 7.91. The third-order valence-electron chi connectivity index (χ3n) is 2.75. The van der Waals surface area contributed by atoms with Crippen LogP contribution in [0, 0.1) is 6.92 Å². The Labute approximate surface area is 102 Å². The quantitative estimate of drug-likeness (QED) is 0.853. The van der Waals surface area contributed by atoms with Crippen molar-refractivity contribution in [3.05, 3.63) is 47.8 Å². The summed E-state index contributed by atoms with van der Waals surface area (Å²) in [5.41, 5.74) is 3.53. The van der Waals surface area contributed by atoms with Crippen molar-refractivity contribution in [2.24, 2.45) is 0 Å². The fourth-order valence-electron chi connectivity index (χ4n) is 1.81. The number of aryl methyl sites for hydroxylation is 2. The molecule has 0 aliphatic carbocycles. The molecule has 3 nitrogen and oxygen atoms in total. The minimum absolute atomic E-state index is 0.779. The molecule has 3 heteroatoms. The van der Waals surface area contributed by atoms with Crippen LogP contribution in [0.2, 0.25) is 0 Å². The molecule has 1 aromatic carbocycles.